The van der Waals surface area contributed by atoms with Crippen LogP contribution in [0.25, 0.3) is 23.0 Å². The highest BCUT2D eigenvalue weighted by atomic mass is 32.1. The number of thiazole rings is 1. The van der Waals surface area contributed by atoms with E-state index in [4.69, 9.17) is 14.6 Å². The summed E-state index contributed by atoms with van der Waals surface area (Å²) in [5.41, 5.74) is 4.14. The molecule has 0 radical (unpaired) electrons. The van der Waals surface area contributed by atoms with E-state index in [0.717, 1.165) is 39.0 Å². The monoisotopic (exact) mass is 431 g/mol. The molecule has 0 aliphatic carbocycles. The summed E-state index contributed by atoms with van der Waals surface area (Å²) >= 11 is 1.53. The van der Waals surface area contributed by atoms with E-state index in [1.807, 2.05) is 73.1 Å². The van der Waals surface area contributed by atoms with Crippen LogP contribution in [-0.2, 0) is 16.1 Å². The Balaban J connectivity index is 1.56. The number of esters is 1. The Morgan fingerprint density at radius 1 is 1.13 bits per heavy atom. The molecule has 4 rings (SSSR count). The van der Waals surface area contributed by atoms with Gasteiger partial charge in [-0.15, -0.1) is 11.3 Å². The highest BCUT2D eigenvalue weighted by Gasteiger charge is 2.14. The van der Waals surface area contributed by atoms with Gasteiger partial charge in [0.15, 0.2) is 0 Å². The van der Waals surface area contributed by atoms with Gasteiger partial charge < -0.3 is 9.47 Å². The SMILES string of the molecule is COc1ccc(-c2nn(-c3ccccc3)cc2COC(=O)/C=C/c2csc(C)n2)cc1. The van der Waals surface area contributed by atoms with Gasteiger partial charge in [0.05, 0.1) is 29.2 Å². The van der Waals surface area contributed by atoms with Gasteiger partial charge in [0.2, 0.25) is 0 Å². The molecule has 31 heavy (non-hydrogen) atoms. The number of nitrogens with zero attached hydrogens (tertiary/aromatic N) is 3. The number of aryl methyl sites for hydroxylation is 1. The minimum absolute atomic E-state index is 0.105. The van der Waals surface area contributed by atoms with Crippen LogP contribution in [0.1, 0.15) is 16.3 Å². The largest absolute Gasteiger partial charge is 0.497 e. The molecule has 0 atom stereocenters. The predicted molar refractivity (Wildman–Crippen MR) is 121 cm³/mol. The van der Waals surface area contributed by atoms with Gasteiger partial charge >= 0.3 is 5.97 Å². The lowest BCUT2D eigenvalue weighted by Gasteiger charge is -2.04. The predicted octanol–water partition coefficient (Wildman–Crippen LogP) is 5.07. The van der Waals surface area contributed by atoms with Crippen molar-refractivity contribution in [2.45, 2.75) is 13.5 Å². The Morgan fingerprint density at radius 3 is 2.58 bits per heavy atom. The molecule has 2 heterocycles. The van der Waals surface area contributed by atoms with E-state index in [9.17, 15) is 4.79 Å². The first-order valence-electron chi connectivity index (χ1n) is 9.68. The molecule has 2 aromatic heterocycles. The highest BCUT2D eigenvalue weighted by molar-refractivity contribution is 7.09. The lowest BCUT2D eigenvalue weighted by Crippen LogP contribution is -2.01. The topological polar surface area (TPSA) is 66.2 Å². The van der Waals surface area contributed by atoms with Crippen molar-refractivity contribution in [3.8, 4) is 22.7 Å². The number of hydrogen-bond acceptors (Lipinski definition) is 6. The van der Waals surface area contributed by atoms with E-state index >= 15 is 0 Å². The molecule has 6 nitrogen and oxygen atoms in total. The number of benzene rings is 2. The Kier molecular flexibility index (Phi) is 6.24. The van der Waals surface area contributed by atoms with Crippen LogP contribution in [0.3, 0.4) is 0 Å². The van der Waals surface area contributed by atoms with E-state index in [1.165, 1.54) is 17.4 Å². The second-order valence-electron chi connectivity index (χ2n) is 6.74. The van der Waals surface area contributed by atoms with Gasteiger partial charge in [-0.2, -0.15) is 5.10 Å². The summed E-state index contributed by atoms with van der Waals surface area (Å²) in [6.45, 7) is 2.03. The minimum Gasteiger partial charge on any atom is -0.497 e. The van der Waals surface area contributed by atoms with Crippen molar-refractivity contribution in [3.05, 3.63) is 88.5 Å². The number of methoxy groups -OCH3 is 1. The Bertz CT molecular complexity index is 1190. The molecule has 0 bridgehead atoms. The van der Waals surface area contributed by atoms with Crippen LogP contribution in [0.15, 0.2) is 72.3 Å². The van der Waals surface area contributed by atoms with Crippen molar-refractivity contribution < 1.29 is 14.3 Å². The van der Waals surface area contributed by atoms with E-state index in [0.29, 0.717) is 0 Å². The van der Waals surface area contributed by atoms with Gasteiger partial charge in [-0.05, 0) is 49.4 Å². The summed E-state index contributed by atoms with van der Waals surface area (Å²) in [6.07, 6.45) is 4.93. The van der Waals surface area contributed by atoms with Gasteiger partial charge in [0.25, 0.3) is 0 Å². The van der Waals surface area contributed by atoms with Crippen molar-refractivity contribution >= 4 is 23.4 Å². The van der Waals surface area contributed by atoms with Crippen molar-refractivity contribution in [2.75, 3.05) is 7.11 Å². The number of carbonyl (C=O) groups is 1. The quantitative estimate of drug-likeness (QED) is 0.302. The maximum atomic E-state index is 12.2. The number of ether oxygens (including phenoxy) is 2. The molecular formula is C24H21N3O3S. The summed E-state index contributed by atoms with van der Waals surface area (Å²) in [4.78, 5) is 16.5. The average molecular weight is 432 g/mol. The number of rotatable bonds is 7. The molecule has 0 saturated carbocycles. The summed E-state index contributed by atoms with van der Waals surface area (Å²) in [5, 5.41) is 7.58. The Hall–Kier alpha value is -3.71. The van der Waals surface area contributed by atoms with E-state index in [-0.39, 0.29) is 6.61 Å². The molecule has 0 amide bonds. The van der Waals surface area contributed by atoms with Gasteiger partial charge in [0.1, 0.15) is 12.4 Å². The zero-order valence-corrected chi connectivity index (χ0v) is 18.0. The summed E-state index contributed by atoms with van der Waals surface area (Å²) < 4.78 is 12.5. The van der Waals surface area contributed by atoms with Gasteiger partial charge in [-0.1, -0.05) is 18.2 Å². The molecule has 0 saturated heterocycles. The summed E-state index contributed by atoms with van der Waals surface area (Å²) in [6, 6.07) is 17.4. The number of aromatic nitrogens is 3. The fourth-order valence-corrected chi connectivity index (χ4v) is 3.61. The normalized spacial score (nSPS) is 11.0. The molecule has 4 aromatic rings. The first kappa shape index (κ1) is 20.6. The first-order chi connectivity index (χ1) is 15.1. The Morgan fingerprint density at radius 2 is 1.90 bits per heavy atom. The van der Waals surface area contributed by atoms with Crippen molar-refractivity contribution in [1.29, 1.82) is 0 Å². The molecule has 0 unspecified atom stereocenters. The second kappa shape index (κ2) is 9.40. The van der Waals surface area contributed by atoms with E-state index in [2.05, 4.69) is 4.98 Å². The fourth-order valence-electron chi connectivity index (χ4n) is 3.03. The molecule has 0 aliphatic heterocycles. The van der Waals surface area contributed by atoms with Gasteiger partial charge in [-0.3, -0.25) is 0 Å². The molecule has 0 aliphatic rings. The highest BCUT2D eigenvalue weighted by Crippen LogP contribution is 2.26. The zero-order chi connectivity index (χ0) is 21.6. The minimum atomic E-state index is -0.432. The molecule has 156 valence electrons. The van der Waals surface area contributed by atoms with Crippen LogP contribution in [-0.4, -0.2) is 27.8 Å². The summed E-state index contributed by atoms with van der Waals surface area (Å²) in [7, 11) is 1.63. The van der Waals surface area contributed by atoms with Crippen molar-refractivity contribution in [3.63, 3.8) is 0 Å². The molecule has 0 spiro atoms. The third kappa shape index (κ3) is 5.07. The van der Waals surface area contributed by atoms with Crippen LogP contribution < -0.4 is 4.74 Å². The van der Waals surface area contributed by atoms with E-state index in [1.54, 1.807) is 17.9 Å². The number of para-hydroxylation sites is 1. The van der Waals surface area contributed by atoms with Gasteiger partial charge in [0, 0.05) is 28.8 Å². The van der Waals surface area contributed by atoms with Crippen LogP contribution in [0, 0.1) is 6.92 Å². The van der Waals surface area contributed by atoms with Crippen molar-refractivity contribution in [2.24, 2.45) is 0 Å². The molecule has 7 heteroatoms. The third-order valence-corrected chi connectivity index (χ3v) is 5.36. The van der Waals surface area contributed by atoms with Gasteiger partial charge in [-0.25, -0.2) is 14.5 Å². The average Bonchev–Trinajstić information content (AvgIpc) is 3.43. The molecular weight excluding hydrogens is 410 g/mol. The first-order valence-corrected chi connectivity index (χ1v) is 10.6. The second-order valence-corrected chi connectivity index (χ2v) is 7.81. The third-order valence-electron chi connectivity index (χ3n) is 4.57. The number of carbonyl (C=O) groups excluding carboxylic acids is 1. The fraction of sp³-hybridized carbons (Fsp3) is 0.125. The molecule has 0 N–H and O–H groups in total. The van der Waals surface area contributed by atoms with Crippen LogP contribution in [0.5, 0.6) is 5.75 Å². The smallest absolute Gasteiger partial charge is 0.331 e. The summed E-state index contributed by atoms with van der Waals surface area (Å²) in [5.74, 6) is 0.334. The zero-order valence-electron chi connectivity index (χ0n) is 17.2. The molecule has 2 aromatic carbocycles. The van der Waals surface area contributed by atoms with Crippen molar-refractivity contribution in [1.82, 2.24) is 14.8 Å². The Labute approximate surface area is 184 Å². The number of hydrogen-bond donors (Lipinski definition) is 0. The lowest BCUT2D eigenvalue weighted by molar-refractivity contribution is -0.138. The lowest BCUT2D eigenvalue weighted by atomic mass is 10.1. The van der Waals surface area contributed by atoms with Crippen LogP contribution in [0.2, 0.25) is 0 Å². The van der Waals surface area contributed by atoms with Crippen LogP contribution >= 0.6 is 11.3 Å². The standard InChI is InChI=1S/C24H21N3O3S/c1-17-25-20(16-31-17)10-13-23(28)30-15-19-14-27(21-6-4-3-5-7-21)26-24(19)18-8-11-22(29-2)12-9-18/h3-14,16H,15H2,1-2H3/b13-10+. The maximum absolute atomic E-state index is 12.2. The van der Waals surface area contributed by atoms with Crippen LogP contribution in [0.4, 0.5) is 0 Å². The molecule has 0 fully saturated rings. The maximum Gasteiger partial charge on any atom is 0.331 e. The van der Waals surface area contributed by atoms with E-state index < -0.39 is 5.97 Å².